The van der Waals surface area contributed by atoms with Gasteiger partial charge in [0.25, 0.3) is 0 Å². The molecule has 20 heteroatoms. The molecule has 6 aromatic rings. The van der Waals surface area contributed by atoms with Crippen LogP contribution in [0.25, 0.3) is 34.9 Å². The fourth-order valence-electron chi connectivity index (χ4n) is 11.7. The lowest BCUT2D eigenvalue weighted by Crippen LogP contribution is -2.49. The number of anilines is 3. The predicted octanol–water partition coefficient (Wildman–Crippen LogP) is 6.08. The van der Waals surface area contributed by atoms with E-state index in [1.165, 1.54) is 50.5 Å². The van der Waals surface area contributed by atoms with Gasteiger partial charge in [0, 0.05) is 212 Å². The van der Waals surface area contributed by atoms with Gasteiger partial charge in [0.1, 0.15) is 6.17 Å². The van der Waals surface area contributed by atoms with Crippen LogP contribution in [0.15, 0.2) is 74.0 Å². The molecule has 3 saturated heterocycles. The highest BCUT2D eigenvalue weighted by Gasteiger charge is 2.46. The molecule has 9 heterocycles. The zero-order chi connectivity index (χ0) is 54.3. The third kappa shape index (κ3) is 11.0. The Hall–Kier alpha value is -8.16. The van der Waals surface area contributed by atoms with E-state index in [2.05, 4.69) is 87.6 Å². The molecule has 79 heavy (non-hydrogen) atoms. The first kappa shape index (κ1) is 51.6. The first-order valence-electron chi connectivity index (χ1n) is 27.8. The minimum atomic E-state index is -0.921. The standard InChI is InChI=1S/C20H22FN5O.C20H23N5O.C19H23N5O2/c1-24-12-14(11-23-24)13-8-16-18(9-13)22-3-2-19(16)25-4-6-26(7-5-25)20(27)15-10-17(15)21;1-23-13-16(12-22-23)15-10-17-18(11-15)21-5-4-19(17)24-6-8-25(9-7-24)20(26)14-2-3-14;1-3-26-19(25)24-8-6-23(7-9-24)18-4-5-20-17-11-14(10-16(17)18)15-12-21-22(2)13-15/h2-3,8,11-12,15,17H,4-7,9-10H2,1H3;4-5,10,12-14H,2-3,6-9,11H2,1H3;4-5,10,12-13H,3,6-9,11H2,1-2H3/t15-,17-;;/m1../s1. The molecule has 0 N–H and O–H groups in total. The van der Waals surface area contributed by atoms with E-state index in [0.29, 0.717) is 51.0 Å². The van der Waals surface area contributed by atoms with Gasteiger partial charge in [-0.1, -0.05) is 0 Å². The Balaban J connectivity index is 0.000000118. The molecule has 3 amide bonds. The van der Waals surface area contributed by atoms with Crippen molar-refractivity contribution in [3.63, 3.8) is 0 Å². The number of hydrogen-bond donors (Lipinski definition) is 0. The van der Waals surface area contributed by atoms with E-state index < -0.39 is 6.17 Å². The minimum Gasteiger partial charge on any atom is -0.450 e. The van der Waals surface area contributed by atoms with Crippen molar-refractivity contribution in [3.05, 3.63) is 124 Å². The summed E-state index contributed by atoms with van der Waals surface area (Å²) in [6.45, 7) is 11.5. The largest absolute Gasteiger partial charge is 0.450 e. The average Bonchev–Trinajstić information content (AvgIpc) is 3.89. The van der Waals surface area contributed by atoms with Crippen LogP contribution in [0.3, 0.4) is 0 Å². The number of nitrogens with zero attached hydrogens (tertiary/aromatic N) is 15. The average molecular weight is 1070 g/mol. The molecule has 0 aromatic carbocycles. The van der Waals surface area contributed by atoms with Crippen LogP contribution in [0.5, 0.6) is 0 Å². The molecule has 6 aromatic heterocycles. The SMILES string of the molecule is CCOC(=O)N1CCN(c2ccnc3c2C=C(c2cnn(C)c2)C3)CC1.Cn1cc(C2=Cc3c(N4CCN(C(=O)C5CC5)CC4)ccnc3C2)cn1.Cn1cc(C2=Cc3c(N4CCN(C(=O)[C@@H]5C[C@H]5F)CC4)ccnc3C2)cn1. The van der Waals surface area contributed by atoms with E-state index in [9.17, 15) is 18.8 Å². The van der Waals surface area contributed by atoms with Crippen LogP contribution in [0.1, 0.15) is 76.6 Å². The van der Waals surface area contributed by atoms with Crippen LogP contribution in [0, 0.1) is 11.8 Å². The number of fused-ring (bicyclic) bond motifs is 3. The molecule has 8 aliphatic rings. The van der Waals surface area contributed by atoms with Gasteiger partial charge in [-0.05, 0) is 79.3 Å². The molecule has 2 atom stereocenters. The van der Waals surface area contributed by atoms with Crippen molar-refractivity contribution in [2.75, 3.05) is 99.8 Å². The number of piperazine rings is 3. The summed E-state index contributed by atoms with van der Waals surface area (Å²) in [5, 5.41) is 12.8. The lowest BCUT2D eigenvalue weighted by atomic mass is 10.1. The number of amides is 3. The molecule has 410 valence electrons. The molecule has 5 aliphatic carbocycles. The number of ether oxygens (including phenoxy) is 1. The maximum atomic E-state index is 13.2. The zero-order valence-corrected chi connectivity index (χ0v) is 45.5. The van der Waals surface area contributed by atoms with Gasteiger partial charge in [0.05, 0.1) is 48.2 Å². The lowest BCUT2D eigenvalue weighted by Gasteiger charge is -2.37. The Kier molecular flexibility index (Phi) is 14.3. The Morgan fingerprint density at radius 1 is 0.532 bits per heavy atom. The second kappa shape index (κ2) is 21.9. The van der Waals surface area contributed by atoms with E-state index in [-0.39, 0.29) is 17.9 Å². The van der Waals surface area contributed by atoms with Crippen LogP contribution in [-0.4, -0.2) is 168 Å². The van der Waals surface area contributed by atoms with Gasteiger partial charge in [-0.3, -0.25) is 38.6 Å². The number of hydrogen-bond acceptors (Lipinski definition) is 13. The molecule has 0 spiro atoms. The summed E-state index contributed by atoms with van der Waals surface area (Å²) in [6, 6.07) is 6.24. The number of carbonyl (C=O) groups is 3. The molecular formula is C59H68FN15O4. The number of rotatable bonds is 9. The fraction of sp³-hybridized carbons (Fsp3) is 0.441. The van der Waals surface area contributed by atoms with Gasteiger partial charge < -0.3 is 34.1 Å². The Morgan fingerprint density at radius 2 is 0.886 bits per heavy atom. The Morgan fingerprint density at radius 3 is 1.20 bits per heavy atom. The smallest absolute Gasteiger partial charge is 0.409 e. The predicted molar refractivity (Wildman–Crippen MR) is 301 cm³/mol. The van der Waals surface area contributed by atoms with Crippen molar-refractivity contribution in [3.8, 4) is 0 Å². The van der Waals surface area contributed by atoms with Gasteiger partial charge in [-0.15, -0.1) is 0 Å². The molecule has 2 saturated carbocycles. The van der Waals surface area contributed by atoms with Crippen molar-refractivity contribution in [1.82, 2.24) is 59.0 Å². The number of halogens is 1. The summed E-state index contributed by atoms with van der Waals surface area (Å²) >= 11 is 0. The van der Waals surface area contributed by atoms with E-state index in [1.807, 2.05) is 101 Å². The van der Waals surface area contributed by atoms with Crippen LogP contribution in [0.2, 0.25) is 0 Å². The summed E-state index contributed by atoms with van der Waals surface area (Å²) in [5.41, 5.74) is 17.7. The first-order chi connectivity index (χ1) is 38.4. The van der Waals surface area contributed by atoms with Crippen LogP contribution in [-0.2, 0) is 54.7 Å². The molecule has 5 fully saturated rings. The monoisotopic (exact) mass is 1070 g/mol. The van der Waals surface area contributed by atoms with Crippen LogP contribution >= 0.6 is 0 Å². The number of alkyl halides is 1. The van der Waals surface area contributed by atoms with Crippen LogP contribution < -0.4 is 14.7 Å². The normalized spacial score (nSPS) is 20.0. The second-order valence-electron chi connectivity index (χ2n) is 21.7. The second-order valence-corrected chi connectivity index (χ2v) is 21.7. The van der Waals surface area contributed by atoms with Crippen molar-refractivity contribution < 1.29 is 23.5 Å². The third-order valence-electron chi connectivity index (χ3n) is 16.4. The van der Waals surface area contributed by atoms with Crippen molar-refractivity contribution >= 4 is 69.9 Å². The molecule has 0 radical (unpaired) electrons. The minimum absolute atomic E-state index is 0.0131. The van der Waals surface area contributed by atoms with Gasteiger partial charge in [-0.25, -0.2) is 9.18 Å². The maximum Gasteiger partial charge on any atom is 0.409 e. The van der Waals surface area contributed by atoms with Crippen molar-refractivity contribution in [2.24, 2.45) is 33.0 Å². The summed E-state index contributed by atoms with van der Waals surface area (Å²) in [5.74, 6) is 0.285. The Bertz CT molecular complexity index is 3370. The van der Waals surface area contributed by atoms with Gasteiger partial charge in [0.15, 0.2) is 0 Å². The first-order valence-corrected chi connectivity index (χ1v) is 27.8. The number of allylic oxidation sites excluding steroid dienone is 3. The number of aromatic nitrogens is 9. The van der Waals surface area contributed by atoms with Gasteiger partial charge in [0.2, 0.25) is 11.8 Å². The molecule has 14 rings (SSSR count). The fourth-order valence-corrected chi connectivity index (χ4v) is 11.7. The zero-order valence-electron chi connectivity index (χ0n) is 45.5. The van der Waals surface area contributed by atoms with E-state index in [4.69, 9.17) is 4.74 Å². The topological polar surface area (TPSA) is 172 Å². The highest BCUT2D eigenvalue weighted by molar-refractivity contribution is 5.94. The van der Waals surface area contributed by atoms with Crippen molar-refractivity contribution in [2.45, 2.75) is 51.6 Å². The summed E-state index contributed by atoms with van der Waals surface area (Å²) < 4.78 is 23.7. The highest BCUT2D eigenvalue weighted by atomic mass is 19.1. The molecular weight excluding hydrogens is 1000 g/mol. The molecule has 3 aliphatic heterocycles. The van der Waals surface area contributed by atoms with E-state index in [0.717, 1.165) is 118 Å². The molecule has 0 bridgehead atoms. The van der Waals surface area contributed by atoms with Crippen molar-refractivity contribution in [1.29, 1.82) is 0 Å². The number of carbonyl (C=O) groups excluding carboxylic acids is 3. The number of aryl methyl sites for hydroxylation is 3. The van der Waals surface area contributed by atoms with Gasteiger partial charge >= 0.3 is 6.09 Å². The van der Waals surface area contributed by atoms with E-state index in [1.54, 1.807) is 4.90 Å². The van der Waals surface area contributed by atoms with Crippen LogP contribution in [0.4, 0.5) is 26.2 Å². The van der Waals surface area contributed by atoms with Gasteiger partial charge in [-0.2, -0.15) is 15.3 Å². The summed E-state index contributed by atoms with van der Waals surface area (Å²) in [6.07, 6.45) is 28.1. The molecule has 19 nitrogen and oxygen atoms in total. The van der Waals surface area contributed by atoms with E-state index >= 15 is 0 Å². The lowest BCUT2D eigenvalue weighted by molar-refractivity contribution is -0.133. The maximum absolute atomic E-state index is 13.2. The summed E-state index contributed by atoms with van der Waals surface area (Å²) in [4.78, 5) is 62.8. The quantitative estimate of drug-likeness (QED) is 0.163. The molecule has 0 unspecified atom stereocenters. The summed E-state index contributed by atoms with van der Waals surface area (Å²) in [7, 11) is 5.79. The number of pyridine rings is 3. The highest BCUT2D eigenvalue weighted by Crippen LogP contribution is 2.40. The Labute approximate surface area is 459 Å². The third-order valence-corrected chi connectivity index (χ3v) is 16.4.